The Hall–Kier alpha value is -2.69. The molecule has 5 nitrogen and oxygen atoms in total. The number of nitrogens with two attached hydrogens (primary N) is 1. The molecular weight excluding hydrogens is 350 g/mol. The molecule has 0 aliphatic carbocycles. The summed E-state index contributed by atoms with van der Waals surface area (Å²) in [5.41, 5.74) is 6.78. The maximum Gasteiger partial charge on any atom is 0.217 e. The zero-order chi connectivity index (χ0) is 19.9. The Labute approximate surface area is 168 Å². The lowest BCUT2D eigenvalue weighted by Gasteiger charge is -2.06. The van der Waals surface area contributed by atoms with Gasteiger partial charge in [-0.2, -0.15) is 10.2 Å². The Bertz CT molecular complexity index is 700. The molecule has 0 unspecified atom stereocenters. The number of carbonyl (C=O) groups is 1. The number of primary amides is 1. The highest BCUT2D eigenvalue weighted by Gasteiger charge is 1.97. The van der Waals surface area contributed by atoms with E-state index in [0.717, 1.165) is 43.0 Å². The molecule has 0 heterocycles. The second-order valence-corrected chi connectivity index (χ2v) is 6.92. The van der Waals surface area contributed by atoms with Crippen LogP contribution in [0.15, 0.2) is 64.8 Å². The number of azo groups is 1. The van der Waals surface area contributed by atoms with Crippen LogP contribution in [0.5, 0.6) is 5.75 Å². The predicted octanol–water partition coefficient (Wildman–Crippen LogP) is 6.48. The van der Waals surface area contributed by atoms with Crippen LogP contribution < -0.4 is 10.5 Å². The van der Waals surface area contributed by atoms with Crippen molar-refractivity contribution in [2.24, 2.45) is 16.0 Å². The molecule has 0 spiro atoms. The maximum absolute atomic E-state index is 10.6. The Morgan fingerprint density at radius 2 is 1.25 bits per heavy atom. The summed E-state index contributed by atoms with van der Waals surface area (Å²) in [7, 11) is 0. The number of nitrogens with zero attached hydrogens (tertiary/aromatic N) is 2. The van der Waals surface area contributed by atoms with Gasteiger partial charge in [-0.1, -0.05) is 56.7 Å². The van der Waals surface area contributed by atoms with Gasteiger partial charge in [-0.15, -0.1) is 0 Å². The molecule has 2 rings (SSSR count). The molecule has 2 aromatic carbocycles. The molecule has 0 aromatic heterocycles. The van der Waals surface area contributed by atoms with E-state index in [1.807, 2.05) is 54.6 Å². The molecule has 0 bridgehead atoms. The Balaban J connectivity index is 1.50. The number of hydrogen-bond donors (Lipinski definition) is 1. The van der Waals surface area contributed by atoms with Crippen molar-refractivity contribution in [2.45, 2.75) is 57.8 Å². The molecule has 5 heteroatoms. The Kier molecular flexibility index (Phi) is 10.4. The van der Waals surface area contributed by atoms with Gasteiger partial charge in [0.25, 0.3) is 0 Å². The van der Waals surface area contributed by atoms with Crippen LogP contribution in [0.4, 0.5) is 11.4 Å². The van der Waals surface area contributed by atoms with E-state index in [0.29, 0.717) is 6.42 Å². The minimum absolute atomic E-state index is 0.189. The van der Waals surface area contributed by atoms with E-state index in [1.54, 1.807) is 0 Å². The summed E-state index contributed by atoms with van der Waals surface area (Å²) in [6.07, 6.45) is 9.71. The van der Waals surface area contributed by atoms with Gasteiger partial charge in [0.15, 0.2) is 0 Å². The maximum atomic E-state index is 10.6. The fourth-order valence-corrected chi connectivity index (χ4v) is 2.87. The highest BCUT2D eigenvalue weighted by molar-refractivity contribution is 5.73. The van der Waals surface area contributed by atoms with Crippen molar-refractivity contribution in [1.82, 2.24) is 0 Å². The van der Waals surface area contributed by atoms with Gasteiger partial charge in [0.1, 0.15) is 5.75 Å². The van der Waals surface area contributed by atoms with Crippen LogP contribution in [0.25, 0.3) is 0 Å². The molecule has 0 radical (unpaired) electrons. The van der Waals surface area contributed by atoms with E-state index >= 15 is 0 Å². The van der Waals surface area contributed by atoms with Crippen molar-refractivity contribution in [1.29, 1.82) is 0 Å². The number of unbranched alkanes of at least 4 members (excludes halogenated alkanes) is 7. The molecule has 0 saturated carbocycles. The normalized spacial score (nSPS) is 11.0. The van der Waals surface area contributed by atoms with Gasteiger partial charge in [0.05, 0.1) is 18.0 Å². The lowest BCUT2D eigenvalue weighted by molar-refractivity contribution is -0.118. The van der Waals surface area contributed by atoms with Crippen LogP contribution in [-0.2, 0) is 4.79 Å². The zero-order valence-electron chi connectivity index (χ0n) is 16.6. The van der Waals surface area contributed by atoms with Crippen LogP contribution in [0, 0.1) is 0 Å². The van der Waals surface area contributed by atoms with E-state index in [-0.39, 0.29) is 5.91 Å². The lowest BCUT2D eigenvalue weighted by atomic mass is 10.1. The molecule has 0 saturated heterocycles. The van der Waals surface area contributed by atoms with Gasteiger partial charge in [0.2, 0.25) is 5.91 Å². The molecule has 2 N–H and O–H groups in total. The van der Waals surface area contributed by atoms with Crippen molar-refractivity contribution < 1.29 is 9.53 Å². The first-order valence-corrected chi connectivity index (χ1v) is 10.2. The molecule has 28 heavy (non-hydrogen) atoms. The van der Waals surface area contributed by atoms with Crippen molar-refractivity contribution in [2.75, 3.05) is 6.61 Å². The van der Waals surface area contributed by atoms with E-state index in [4.69, 9.17) is 10.5 Å². The summed E-state index contributed by atoms with van der Waals surface area (Å²) in [4.78, 5) is 10.6. The van der Waals surface area contributed by atoms with E-state index in [1.165, 1.54) is 32.1 Å². The average molecular weight is 382 g/mol. The first-order chi connectivity index (χ1) is 13.7. The molecule has 1 amide bonds. The predicted molar refractivity (Wildman–Crippen MR) is 113 cm³/mol. The van der Waals surface area contributed by atoms with Gasteiger partial charge < -0.3 is 10.5 Å². The third-order valence-electron chi connectivity index (χ3n) is 4.46. The summed E-state index contributed by atoms with van der Waals surface area (Å²) < 4.78 is 5.79. The SMILES string of the molecule is NC(=O)CCCCCCCCCCOc1ccc(/N=N/c2ccccc2)cc1. The second kappa shape index (κ2) is 13.5. The number of amides is 1. The van der Waals surface area contributed by atoms with Crippen LogP contribution in [0.1, 0.15) is 57.8 Å². The molecular formula is C23H31N3O2. The highest BCUT2D eigenvalue weighted by Crippen LogP contribution is 2.21. The highest BCUT2D eigenvalue weighted by atomic mass is 16.5. The molecule has 150 valence electrons. The minimum atomic E-state index is -0.189. The Morgan fingerprint density at radius 1 is 0.714 bits per heavy atom. The summed E-state index contributed by atoms with van der Waals surface area (Å²) in [6, 6.07) is 17.4. The zero-order valence-corrected chi connectivity index (χ0v) is 16.6. The second-order valence-electron chi connectivity index (χ2n) is 6.92. The summed E-state index contributed by atoms with van der Waals surface area (Å²) in [6.45, 7) is 0.740. The lowest BCUT2D eigenvalue weighted by Crippen LogP contribution is -2.09. The first-order valence-electron chi connectivity index (χ1n) is 10.2. The molecule has 0 aliphatic rings. The third kappa shape index (κ3) is 9.86. The summed E-state index contributed by atoms with van der Waals surface area (Å²) in [5, 5.41) is 8.43. The number of benzene rings is 2. The van der Waals surface area contributed by atoms with Crippen LogP contribution in [0.3, 0.4) is 0 Å². The standard InChI is InChI=1S/C23H31N3O2/c24-23(27)14-10-5-3-1-2-4-6-11-19-28-22-17-15-21(16-18-22)26-25-20-12-8-7-9-13-20/h7-9,12-13,15-18H,1-6,10-11,14,19H2,(H2,24,27)/b26-25+. The Morgan fingerprint density at radius 3 is 1.86 bits per heavy atom. The number of rotatable bonds is 14. The molecule has 0 aliphatic heterocycles. The molecule has 0 atom stereocenters. The van der Waals surface area contributed by atoms with Gasteiger partial charge in [-0.05, 0) is 49.2 Å². The van der Waals surface area contributed by atoms with Gasteiger partial charge in [-0.3, -0.25) is 4.79 Å². The average Bonchev–Trinajstić information content (AvgIpc) is 2.72. The van der Waals surface area contributed by atoms with E-state index < -0.39 is 0 Å². The molecule has 0 fully saturated rings. The van der Waals surface area contributed by atoms with E-state index in [2.05, 4.69) is 10.2 Å². The summed E-state index contributed by atoms with van der Waals surface area (Å²) in [5.74, 6) is 0.680. The number of ether oxygens (including phenoxy) is 1. The van der Waals surface area contributed by atoms with Crippen LogP contribution >= 0.6 is 0 Å². The van der Waals surface area contributed by atoms with Gasteiger partial charge in [-0.25, -0.2) is 0 Å². The van der Waals surface area contributed by atoms with Crippen LogP contribution in [0.2, 0.25) is 0 Å². The van der Waals surface area contributed by atoms with Gasteiger partial charge in [0, 0.05) is 6.42 Å². The minimum Gasteiger partial charge on any atom is -0.494 e. The smallest absolute Gasteiger partial charge is 0.217 e. The van der Waals surface area contributed by atoms with Gasteiger partial charge >= 0.3 is 0 Å². The fraction of sp³-hybridized carbons (Fsp3) is 0.435. The summed E-state index contributed by atoms with van der Waals surface area (Å²) >= 11 is 0. The van der Waals surface area contributed by atoms with Crippen LogP contribution in [-0.4, -0.2) is 12.5 Å². The largest absolute Gasteiger partial charge is 0.494 e. The molecule has 2 aromatic rings. The van der Waals surface area contributed by atoms with Crippen molar-refractivity contribution >= 4 is 17.3 Å². The topological polar surface area (TPSA) is 77.0 Å². The monoisotopic (exact) mass is 381 g/mol. The van der Waals surface area contributed by atoms with Crippen molar-refractivity contribution in [3.8, 4) is 5.75 Å². The quantitative estimate of drug-likeness (QED) is 0.300. The first kappa shape index (κ1) is 21.6. The third-order valence-corrected chi connectivity index (χ3v) is 4.46. The fourth-order valence-electron chi connectivity index (χ4n) is 2.87. The van der Waals surface area contributed by atoms with Crippen molar-refractivity contribution in [3.05, 3.63) is 54.6 Å². The van der Waals surface area contributed by atoms with E-state index in [9.17, 15) is 4.79 Å². The number of hydrogen-bond acceptors (Lipinski definition) is 4. The number of carbonyl (C=O) groups excluding carboxylic acids is 1. The van der Waals surface area contributed by atoms with Crippen molar-refractivity contribution in [3.63, 3.8) is 0 Å².